The van der Waals surface area contributed by atoms with E-state index >= 15 is 0 Å². The summed E-state index contributed by atoms with van der Waals surface area (Å²) >= 11 is 11.7. The summed E-state index contributed by atoms with van der Waals surface area (Å²) in [6.45, 7) is -0.0207. The molecule has 0 fully saturated rings. The van der Waals surface area contributed by atoms with Crippen LogP contribution in [0, 0.1) is 5.82 Å². The van der Waals surface area contributed by atoms with E-state index in [4.69, 9.17) is 27.9 Å². The summed E-state index contributed by atoms with van der Waals surface area (Å²) in [6.07, 6.45) is 0. The number of ether oxygens (including phenoxy) is 1. The van der Waals surface area contributed by atoms with E-state index in [9.17, 15) is 14.0 Å². The van der Waals surface area contributed by atoms with Gasteiger partial charge in [-0.3, -0.25) is 9.59 Å². The number of rotatable bonds is 7. The maximum Gasteiger partial charge on any atom is 0.279 e. The van der Waals surface area contributed by atoms with Crippen molar-refractivity contribution in [2.24, 2.45) is 0 Å². The smallest absolute Gasteiger partial charge is 0.279 e. The van der Waals surface area contributed by atoms with E-state index in [1.54, 1.807) is 25.2 Å². The van der Waals surface area contributed by atoms with Crippen LogP contribution < -0.4 is 20.3 Å². The van der Waals surface area contributed by atoms with Crippen LogP contribution in [-0.4, -0.2) is 39.1 Å². The number of likely N-dealkylation sites (N-methyl/N-ethyl adjacent to an activating group) is 1. The number of halogens is 3. The summed E-state index contributed by atoms with van der Waals surface area (Å²) in [5.74, 6) is -0.882. The highest BCUT2D eigenvalue weighted by atomic mass is 35.5. The molecule has 1 atom stereocenters. The standard InChI is InChI=1S/C18H18Cl2FN3O3/c1-24(9-17(25)22-14-7-11(19)3-5-13(14)21)10-18(26)23-15-8-12(20)4-6-16(15)27-2/h3-8H,9-10H2,1-2H3,(H,22,25)(H,23,26)/p+1. The third kappa shape index (κ3) is 6.39. The fourth-order valence-electron chi connectivity index (χ4n) is 2.37. The second-order valence-corrected chi connectivity index (χ2v) is 6.75. The zero-order valence-corrected chi connectivity index (χ0v) is 16.2. The van der Waals surface area contributed by atoms with Crippen molar-refractivity contribution in [2.75, 3.05) is 37.9 Å². The first-order chi connectivity index (χ1) is 12.8. The van der Waals surface area contributed by atoms with Gasteiger partial charge in [0.1, 0.15) is 11.6 Å². The molecule has 0 saturated heterocycles. The van der Waals surface area contributed by atoms with Crippen molar-refractivity contribution >= 4 is 46.4 Å². The minimum atomic E-state index is -0.587. The van der Waals surface area contributed by atoms with E-state index in [0.29, 0.717) is 26.4 Å². The number of amides is 2. The Kier molecular flexibility index (Phi) is 7.41. The van der Waals surface area contributed by atoms with Gasteiger partial charge in [0.05, 0.1) is 25.5 Å². The van der Waals surface area contributed by atoms with Gasteiger partial charge < -0.3 is 20.3 Å². The molecule has 0 aromatic heterocycles. The van der Waals surface area contributed by atoms with Gasteiger partial charge in [-0.15, -0.1) is 0 Å². The third-order valence-corrected chi connectivity index (χ3v) is 4.03. The number of nitrogens with one attached hydrogen (secondary N) is 3. The van der Waals surface area contributed by atoms with Crippen LogP contribution in [0.4, 0.5) is 15.8 Å². The van der Waals surface area contributed by atoms with Crippen molar-refractivity contribution in [2.45, 2.75) is 0 Å². The maximum absolute atomic E-state index is 13.7. The molecule has 6 nitrogen and oxygen atoms in total. The summed E-state index contributed by atoms with van der Waals surface area (Å²) in [4.78, 5) is 24.9. The lowest BCUT2D eigenvalue weighted by molar-refractivity contribution is -0.862. The molecule has 0 aliphatic rings. The Morgan fingerprint density at radius 3 is 2.11 bits per heavy atom. The van der Waals surface area contributed by atoms with Gasteiger partial charge in [0.15, 0.2) is 13.1 Å². The first-order valence-electron chi connectivity index (χ1n) is 7.98. The molecule has 0 spiro atoms. The van der Waals surface area contributed by atoms with Crippen LogP contribution >= 0.6 is 23.2 Å². The van der Waals surface area contributed by atoms with Crippen molar-refractivity contribution in [3.63, 3.8) is 0 Å². The number of hydrogen-bond donors (Lipinski definition) is 3. The molecule has 0 heterocycles. The van der Waals surface area contributed by atoms with Gasteiger partial charge in [-0.1, -0.05) is 23.2 Å². The van der Waals surface area contributed by atoms with Crippen LogP contribution in [-0.2, 0) is 9.59 Å². The van der Waals surface area contributed by atoms with Crippen molar-refractivity contribution in [3.05, 3.63) is 52.3 Å². The Hall–Kier alpha value is -2.35. The van der Waals surface area contributed by atoms with Crippen LogP contribution in [0.5, 0.6) is 5.75 Å². The summed E-state index contributed by atoms with van der Waals surface area (Å²) in [6, 6.07) is 8.73. The minimum Gasteiger partial charge on any atom is -0.495 e. The lowest BCUT2D eigenvalue weighted by Gasteiger charge is -2.15. The Morgan fingerprint density at radius 1 is 1.00 bits per heavy atom. The molecule has 3 N–H and O–H groups in total. The van der Waals surface area contributed by atoms with E-state index in [1.165, 1.54) is 25.3 Å². The van der Waals surface area contributed by atoms with Gasteiger partial charge in [-0.25, -0.2) is 4.39 Å². The summed E-state index contributed by atoms with van der Waals surface area (Å²) in [5.41, 5.74) is 0.432. The molecule has 2 aromatic carbocycles. The molecule has 2 aromatic rings. The molecule has 2 amide bonds. The number of hydrogen-bond acceptors (Lipinski definition) is 3. The number of methoxy groups -OCH3 is 1. The number of carbonyl (C=O) groups is 2. The molecule has 1 unspecified atom stereocenters. The predicted molar refractivity (Wildman–Crippen MR) is 103 cm³/mol. The average molecular weight is 415 g/mol. The molecule has 27 heavy (non-hydrogen) atoms. The highest BCUT2D eigenvalue weighted by Gasteiger charge is 2.17. The Labute approximate surface area is 166 Å². The summed E-state index contributed by atoms with van der Waals surface area (Å²) in [5, 5.41) is 5.90. The van der Waals surface area contributed by atoms with Crippen LogP contribution in [0.15, 0.2) is 36.4 Å². The average Bonchev–Trinajstić information content (AvgIpc) is 2.58. The molecule has 9 heteroatoms. The molecule has 2 rings (SSSR count). The molecule has 0 bridgehead atoms. The zero-order chi connectivity index (χ0) is 20.0. The second-order valence-electron chi connectivity index (χ2n) is 5.88. The number of carbonyl (C=O) groups excluding carboxylic acids is 2. The van der Waals surface area contributed by atoms with Crippen LogP contribution in [0.1, 0.15) is 0 Å². The van der Waals surface area contributed by atoms with Crippen LogP contribution in [0.2, 0.25) is 10.0 Å². The fourth-order valence-corrected chi connectivity index (χ4v) is 2.71. The summed E-state index contributed by atoms with van der Waals surface area (Å²) in [7, 11) is 3.15. The van der Waals surface area contributed by atoms with Crippen molar-refractivity contribution < 1.29 is 23.6 Å². The third-order valence-electron chi connectivity index (χ3n) is 3.56. The number of anilines is 2. The van der Waals surface area contributed by atoms with Gasteiger partial charge in [-0.05, 0) is 36.4 Å². The van der Waals surface area contributed by atoms with E-state index in [1.807, 2.05) is 0 Å². The van der Waals surface area contributed by atoms with Crippen molar-refractivity contribution in [1.29, 1.82) is 0 Å². The van der Waals surface area contributed by atoms with Gasteiger partial charge in [0.2, 0.25) is 0 Å². The van der Waals surface area contributed by atoms with Crippen molar-refractivity contribution in [1.82, 2.24) is 0 Å². The first-order valence-corrected chi connectivity index (χ1v) is 8.73. The number of quaternary nitrogens is 1. The van der Waals surface area contributed by atoms with Gasteiger partial charge in [0, 0.05) is 10.0 Å². The van der Waals surface area contributed by atoms with E-state index in [2.05, 4.69) is 10.6 Å². The normalized spacial score (nSPS) is 11.6. The van der Waals surface area contributed by atoms with Crippen molar-refractivity contribution in [3.8, 4) is 5.75 Å². The van der Waals surface area contributed by atoms with E-state index < -0.39 is 11.7 Å². The minimum absolute atomic E-state index is 0.00610. The predicted octanol–water partition coefficient (Wildman–Crippen LogP) is 2.23. The second kappa shape index (κ2) is 9.55. The zero-order valence-electron chi connectivity index (χ0n) is 14.7. The quantitative estimate of drug-likeness (QED) is 0.650. The van der Waals surface area contributed by atoms with Gasteiger partial charge >= 0.3 is 0 Å². The lowest BCUT2D eigenvalue weighted by Crippen LogP contribution is -3.11. The molecule has 0 aliphatic heterocycles. The van der Waals surface area contributed by atoms with Gasteiger partial charge in [-0.2, -0.15) is 0 Å². The fraction of sp³-hybridized carbons (Fsp3) is 0.222. The Morgan fingerprint density at radius 2 is 1.52 bits per heavy atom. The molecule has 0 radical (unpaired) electrons. The number of benzene rings is 2. The monoisotopic (exact) mass is 414 g/mol. The Bertz CT molecular complexity index is 849. The molecule has 0 saturated carbocycles. The lowest BCUT2D eigenvalue weighted by atomic mass is 10.3. The topological polar surface area (TPSA) is 71.9 Å². The highest BCUT2D eigenvalue weighted by Crippen LogP contribution is 2.27. The summed E-state index contributed by atoms with van der Waals surface area (Å²) < 4.78 is 18.8. The first kappa shape index (κ1) is 21.0. The SMILES string of the molecule is COc1ccc(Cl)cc1NC(=O)C[NH+](C)CC(=O)Nc1cc(Cl)ccc1F. The van der Waals surface area contributed by atoms with Crippen LogP contribution in [0.3, 0.4) is 0 Å². The molecular formula is C18H19Cl2FN3O3+. The Balaban J connectivity index is 1.90. The maximum atomic E-state index is 13.7. The molecule has 144 valence electrons. The molecular weight excluding hydrogens is 396 g/mol. The van der Waals surface area contributed by atoms with E-state index in [-0.39, 0.29) is 24.7 Å². The van der Waals surface area contributed by atoms with Crippen LogP contribution in [0.25, 0.3) is 0 Å². The van der Waals surface area contributed by atoms with Gasteiger partial charge in [0.25, 0.3) is 11.8 Å². The molecule has 0 aliphatic carbocycles. The largest absolute Gasteiger partial charge is 0.495 e. The highest BCUT2D eigenvalue weighted by molar-refractivity contribution is 6.31. The van der Waals surface area contributed by atoms with E-state index in [0.717, 1.165) is 0 Å².